The van der Waals surface area contributed by atoms with E-state index < -0.39 is 6.04 Å². The third-order valence-electron chi connectivity index (χ3n) is 4.67. The Hall–Kier alpha value is -1.98. The first-order chi connectivity index (χ1) is 14.3. The fourth-order valence-corrected chi connectivity index (χ4v) is 4.23. The minimum Gasteiger partial charge on any atom is -0.352 e. The molecular formula is C24H31ClN2O2S. The summed E-state index contributed by atoms with van der Waals surface area (Å²) >= 11 is 7.58. The first-order valence-electron chi connectivity index (χ1n) is 10.3. The van der Waals surface area contributed by atoms with Gasteiger partial charge in [0.05, 0.1) is 5.75 Å². The number of rotatable bonds is 10. The van der Waals surface area contributed by atoms with Gasteiger partial charge in [-0.2, -0.15) is 0 Å². The van der Waals surface area contributed by atoms with E-state index in [-0.39, 0.29) is 17.9 Å². The van der Waals surface area contributed by atoms with Crippen LogP contribution in [-0.2, 0) is 21.9 Å². The molecule has 0 unspecified atom stereocenters. The normalized spacial score (nSPS) is 11.9. The summed E-state index contributed by atoms with van der Waals surface area (Å²) in [5.41, 5.74) is 3.26. The van der Waals surface area contributed by atoms with E-state index in [1.165, 1.54) is 17.3 Å². The van der Waals surface area contributed by atoms with Gasteiger partial charge in [0.2, 0.25) is 11.8 Å². The lowest BCUT2D eigenvalue weighted by atomic mass is 10.1. The Labute approximate surface area is 189 Å². The lowest BCUT2D eigenvalue weighted by Gasteiger charge is -2.31. The van der Waals surface area contributed by atoms with Crippen LogP contribution in [0, 0.1) is 6.92 Å². The van der Waals surface area contributed by atoms with Gasteiger partial charge >= 0.3 is 0 Å². The number of halogens is 1. The van der Waals surface area contributed by atoms with Gasteiger partial charge in [0.25, 0.3) is 0 Å². The maximum absolute atomic E-state index is 13.2. The first kappa shape index (κ1) is 24.3. The van der Waals surface area contributed by atoms with E-state index in [9.17, 15) is 9.59 Å². The van der Waals surface area contributed by atoms with Crippen LogP contribution in [0.4, 0.5) is 0 Å². The van der Waals surface area contributed by atoms with Gasteiger partial charge in [-0.05, 0) is 50.5 Å². The molecule has 0 aliphatic heterocycles. The Bertz CT molecular complexity index is 839. The molecule has 0 bridgehead atoms. The van der Waals surface area contributed by atoms with Crippen molar-refractivity contribution >= 4 is 35.2 Å². The number of nitrogens with one attached hydrogen (secondary N) is 1. The Morgan fingerprint density at radius 1 is 1.10 bits per heavy atom. The summed E-state index contributed by atoms with van der Waals surface area (Å²) < 4.78 is 0. The zero-order chi connectivity index (χ0) is 22.1. The Balaban J connectivity index is 2.12. The topological polar surface area (TPSA) is 49.4 Å². The van der Waals surface area contributed by atoms with Crippen molar-refractivity contribution in [2.45, 2.75) is 58.5 Å². The van der Waals surface area contributed by atoms with Gasteiger partial charge in [-0.15, -0.1) is 11.8 Å². The van der Waals surface area contributed by atoms with E-state index in [1.54, 1.807) is 4.90 Å². The highest BCUT2D eigenvalue weighted by molar-refractivity contribution is 7.99. The third-order valence-corrected chi connectivity index (χ3v) is 5.90. The Morgan fingerprint density at radius 2 is 1.80 bits per heavy atom. The molecule has 0 aliphatic carbocycles. The molecule has 0 saturated carbocycles. The molecule has 0 aromatic heterocycles. The predicted octanol–water partition coefficient (Wildman–Crippen LogP) is 5.21. The lowest BCUT2D eigenvalue weighted by Crippen LogP contribution is -2.50. The fourth-order valence-electron chi connectivity index (χ4n) is 3.16. The maximum Gasteiger partial charge on any atom is 0.243 e. The SMILES string of the molecule is CC[C@@H](C(=O)NC(C)C)N(Cc1ccc(C)cc1)C(=O)CSCc1cccc(Cl)c1. The van der Waals surface area contributed by atoms with E-state index in [4.69, 9.17) is 11.6 Å². The van der Waals surface area contributed by atoms with Crippen molar-refractivity contribution in [2.75, 3.05) is 5.75 Å². The number of nitrogens with zero attached hydrogens (tertiary/aromatic N) is 1. The molecule has 0 aliphatic rings. The highest BCUT2D eigenvalue weighted by atomic mass is 35.5. The van der Waals surface area contributed by atoms with E-state index >= 15 is 0 Å². The summed E-state index contributed by atoms with van der Waals surface area (Å²) in [5, 5.41) is 3.65. The van der Waals surface area contributed by atoms with Gasteiger partial charge < -0.3 is 10.2 Å². The number of carbonyl (C=O) groups is 2. The van der Waals surface area contributed by atoms with Crippen LogP contribution < -0.4 is 5.32 Å². The average Bonchev–Trinajstić information content (AvgIpc) is 2.68. The number of hydrogen-bond acceptors (Lipinski definition) is 3. The second kappa shape index (κ2) is 12.0. The Kier molecular flexibility index (Phi) is 9.73. The van der Waals surface area contributed by atoms with Crippen LogP contribution in [0.15, 0.2) is 48.5 Å². The van der Waals surface area contributed by atoms with Gasteiger partial charge in [-0.1, -0.05) is 60.5 Å². The lowest BCUT2D eigenvalue weighted by molar-refractivity contribution is -0.139. The summed E-state index contributed by atoms with van der Waals surface area (Å²) in [7, 11) is 0. The number of thioether (sulfide) groups is 1. The second-order valence-corrected chi connectivity index (χ2v) is 9.14. The molecule has 1 N–H and O–H groups in total. The summed E-state index contributed by atoms with van der Waals surface area (Å²) in [4.78, 5) is 27.7. The van der Waals surface area contributed by atoms with Crippen LogP contribution >= 0.6 is 23.4 Å². The highest BCUT2D eigenvalue weighted by Gasteiger charge is 2.28. The van der Waals surface area contributed by atoms with Crippen molar-refractivity contribution in [3.63, 3.8) is 0 Å². The molecule has 2 rings (SSSR count). The summed E-state index contributed by atoms with van der Waals surface area (Å²) in [6, 6.07) is 15.3. The molecule has 1 atom stereocenters. The van der Waals surface area contributed by atoms with Crippen LogP contribution in [0.5, 0.6) is 0 Å². The molecule has 6 heteroatoms. The number of amides is 2. The first-order valence-corrected chi connectivity index (χ1v) is 11.8. The second-order valence-electron chi connectivity index (χ2n) is 7.72. The monoisotopic (exact) mass is 446 g/mol. The van der Waals surface area contributed by atoms with Crippen LogP contribution in [-0.4, -0.2) is 34.6 Å². The number of carbonyl (C=O) groups excluding carboxylic acids is 2. The summed E-state index contributed by atoms with van der Waals surface area (Å²) in [6.07, 6.45) is 0.565. The van der Waals surface area contributed by atoms with Gasteiger partial charge in [0.15, 0.2) is 0 Å². The molecule has 0 heterocycles. The molecule has 0 radical (unpaired) electrons. The van der Waals surface area contributed by atoms with E-state index in [1.807, 2.05) is 76.2 Å². The molecule has 30 heavy (non-hydrogen) atoms. The zero-order valence-corrected chi connectivity index (χ0v) is 19.7. The van der Waals surface area contributed by atoms with E-state index in [0.29, 0.717) is 29.5 Å². The number of aryl methyl sites for hydroxylation is 1. The van der Waals surface area contributed by atoms with Crippen molar-refractivity contribution in [3.8, 4) is 0 Å². The van der Waals surface area contributed by atoms with Gasteiger partial charge in [0, 0.05) is 23.4 Å². The van der Waals surface area contributed by atoms with Crippen molar-refractivity contribution in [3.05, 3.63) is 70.2 Å². The third kappa shape index (κ3) is 7.69. The predicted molar refractivity (Wildman–Crippen MR) is 127 cm³/mol. The minimum absolute atomic E-state index is 0.0279. The summed E-state index contributed by atoms with van der Waals surface area (Å²) in [5.74, 6) is 0.866. The molecule has 2 amide bonds. The van der Waals surface area contributed by atoms with Gasteiger partial charge in [-0.25, -0.2) is 0 Å². The maximum atomic E-state index is 13.2. The largest absolute Gasteiger partial charge is 0.352 e. The van der Waals surface area contributed by atoms with Crippen molar-refractivity contribution < 1.29 is 9.59 Å². The number of benzene rings is 2. The molecule has 0 fully saturated rings. The molecule has 0 spiro atoms. The number of hydrogen-bond donors (Lipinski definition) is 1. The quantitative estimate of drug-likeness (QED) is 0.544. The van der Waals surface area contributed by atoms with Crippen LogP contribution in [0.2, 0.25) is 5.02 Å². The van der Waals surface area contributed by atoms with E-state index in [2.05, 4.69) is 5.32 Å². The van der Waals surface area contributed by atoms with Crippen molar-refractivity contribution in [1.29, 1.82) is 0 Å². The van der Waals surface area contributed by atoms with Gasteiger partial charge in [0.1, 0.15) is 6.04 Å². The average molecular weight is 447 g/mol. The van der Waals surface area contributed by atoms with Crippen LogP contribution in [0.3, 0.4) is 0 Å². The fraction of sp³-hybridized carbons (Fsp3) is 0.417. The summed E-state index contributed by atoms with van der Waals surface area (Å²) in [6.45, 7) is 8.25. The molecule has 0 saturated heterocycles. The molecule has 162 valence electrons. The standard InChI is InChI=1S/C24H31ClN2O2S/c1-5-22(24(29)26-17(2)3)27(14-19-11-9-18(4)10-12-19)23(28)16-30-15-20-7-6-8-21(25)13-20/h6-13,17,22H,5,14-16H2,1-4H3,(H,26,29)/t22-/m0/s1. The molecule has 4 nitrogen and oxygen atoms in total. The smallest absolute Gasteiger partial charge is 0.243 e. The van der Waals surface area contributed by atoms with Crippen molar-refractivity contribution in [1.82, 2.24) is 10.2 Å². The van der Waals surface area contributed by atoms with Crippen LogP contribution in [0.25, 0.3) is 0 Å². The molecule has 2 aromatic carbocycles. The highest BCUT2D eigenvalue weighted by Crippen LogP contribution is 2.19. The molecular weight excluding hydrogens is 416 g/mol. The minimum atomic E-state index is -0.493. The van der Waals surface area contributed by atoms with Gasteiger partial charge in [-0.3, -0.25) is 9.59 Å². The van der Waals surface area contributed by atoms with Crippen molar-refractivity contribution in [2.24, 2.45) is 0 Å². The van der Waals surface area contributed by atoms with E-state index in [0.717, 1.165) is 11.1 Å². The van der Waals surface area contributed by atoms with Crippen LogP contribution in [0.1, 0.15) is 43.9 Å². The zero-order valence-electron chi connectivity index (χ0n) is 18.2. The molecule has 2 aromatic rings. The Morgan fingerprint density at radius 3 is 2.40 bits per heavy atom.